The maximum Gasteiger partial charge on any atom is 0.252 e. The van der Waals surface area contributed by atoms with Crippen LogP contribution in [0.3, 0.4) is 0 Å². The first kappa shape index (κ1) is 19.8. The molecule has 2 aliphatic rings. The van der Waals surface area contributed by atoms with Gasteiger partial charge in [0.25, 0.3) is 5.91 Å². The van der Waals surface area contributed by atoms with E-state index in [2.05, 4.69) is 16.3 Å². The third-order valence-electron chi connectivity index (χ3n) is 5.97. The molecule has 1 aromatic heterocycles. The van der Waals surface area contributed by atoms with Crippen LogP contribution in [0.25, 0.3) is 0 Å². The van der Waals surface area contributed by atoms with Crippen LogP contribution in [0.15, 0.2) is 16.8 Å². The van der Waals surface area contributed by atoms with Gasteiger partial charge in [0.2, 0.25) is 5.91 Å². The third kappa shape index (κ3) is 4.69. The lowest BCUT2D eigenvalue weighted by Crippen LogP contribution is -2.54. The van der Waals surface area contributed by atoms with Crippen LogP contribution in [0.2, 0.25) is 0 Å². The summed E-state index contributed by atoms with van der Waals surface area (Å²) < 4.78 is 0. The fourth-order valence-electron chi connectivity index (χ4n) is 4.09. The molecule has 2 fully saturated rings. The van der Waals surface area contributed by atoms with Crippen molar-refractivity contribution in [1.82, 2.24) is 15.1 Å². The van der Waals surface area contributed by atoms with Crippen molar-refractivity contribution in [3.63, 3.8) is 0 Å². The monoisotopic (exact) mass is 388 g/mol. The zero-order valence-electron chi connectivity index (χ0n) is 15.9. The number of nitriles is 1. The second-order valence-electron chi connectivity index (χ2n) is 7.69. The van der Waals surface area contributed by atoms with Crippen molar-refractivity contribution in [2.24, 2.45) is 0 Å². The molecule has 0 atom stereocenters. The van der Waals surface area contributed by atoms with E-state index in [0.717, 1.165) is 58.0 Å². The molecule has 146 valence electrons. The van der Waals surface area contributed by atoms with E-state index in [1.165, 1.54) is 11.3 Å². The third-order valence-corrected chi connectivity index (χ3v) is 6.65. The van der Waals surface area contributed by atoms with Gasteiger partial charge in [-0.05, 0) is 37.1 Å². The molecule has 0 unspecified atom stereocenters. The number of likely N-dealkylation sites (tertiary alicyclic amines) is 1. The Morgan fingerprint density at radius 2 is 2.04 bits per heavy atom. The molecule has 0 aromatic carbocycles. The van der Waals surface area contributed by atoms with Crippen LogP contribution in [-0.4, -0.2) is 59.9 Å². The molecule has 1 aliphatic heterocycles. The number of amides is 2. The van der Waals surface area contributed by atoms with Crippen LogP contribution < -0.4 is 5.32 Å². The quantitative estimate of drug-likeness (QED) is 0.841. The topological polar surface area (TPSA) is 76.4 Å². The first-order valence-corrected chi connectivity index (χ1v) is 10.7. The van der Waals surface area contributed by atoms with E-state index in [4.69, 9.17) is 0 Å². The molecule has 0 bridgehead atoms. The lowest BCUT2D eigenvalue weighted by molar-refractivity contribution is -0.136. The average molecular weight is 389 g/mol. The molecule has 27 heavy (non-hydrogen) atoms. The molecule has 1 saturated carbocycles. The number of hydrogen-bond donors (Lipinski definition) is 1. The second-order valence-corrected chi connectivity index (χ2v) is 8.47. The molecule has 0 spiro atoms. The van der Waals surface area contributed by atoms with Crippen molar-refractivity contribution in [1.29, 1.82) is 5.26 Å². The molecular weight excluding hydrogens is 360 g/mol. The van der Waals surface area contributed by atoms with E-state index >= 15 is 0 Å². The summed E-state index contributed by atoms with van der Waals surface area (Å²) in [5, 5.41) is 16.5. The van der Waals surface area contributed by atoms with E-state index in [1.807, 2.05) is 16.8 Å². The lowest BCUT2D eigenvalue weighted by Gasteiger charge is -2.40. The molecular formula is C20H28N4O2S. The summed E-state index contributed by atoms with van der Waals surface area (Å²) in [7, 11) is 1.78. The standard InChI is InChI=1S/C20H28N4O2S/c1-23(20(15-21)8-3-2-4-9-20)18(25)13-24-10-5-17(6-11-24)22-19(26)16-7-12-27-14-16/h7,12,14,17H,2-6,8-11,13H2,1H3,(H,22,26). The molecule has 7 heteroatoms. The number of likely N-dealkylation sites (N-methyl/N-ethyl adjacent to an activating group) is 1. The Labute approximate surface area is 165 Å². The summed E-state index contributed by atoms with van der Waals surface area (Å²) in [6, 6.07) is 4.41. The highest BCUT2D eigenvalue weighted by Gasteiger charge is 2.39. The number of nitrogens with one attached hydrogen (secondary N) is 1. The number of hydrogen-bond acceptors (Lipinski definition) is 5. The predicted molar refractivity (Wildman–Crippen MR) is 105 cm³/mol. The van der Waals surface area contributed by atoms with E-state index in [0.29, 0.717) is 12.1 Å². The first-order valence-electron chi connectivity index (χ1n) is 9.77. The maximum atomic E-state index is 12.8. The number of rotatable bonds is 5. The summed E-state index contributed by atoms with van der Waals surface area (Å²) in [4.78, 5) is 28.7. The highest BCUT2D eigenvalue weighted by Crippen LogP contribution is 2.32. The van der Waals surface area contributed by atoms with Crippen LogP contribution in [0.4, 0.5) is 0 Å². The van der Waals surface area contributed by atoms with E-state index in [1.54, 1.807) is 11.9 Å². The zero-order chi connectivity index (χ0) is 19.3. The second kappa shape index (κ2) is 8.85. The van der Waals surface area contributed by atoms with Crippen LogP contribution in [-0.2, 0) is 4.79 Å². The Balaban J connectivity index is 1.46. The van der Waals surface area contributed by atoms with Crippen molar-refractivity contribution in [2.45, 2.75) is 56.5 Å². The van der Waals surface area contributed by atoms with Gasteiger partial charge < -0.3 is 10.2 Å². The first-order chi connectivity index (χ1) is 13.0. The van der Waals surface area contributed by atoms with Gasteiger partial charge in [-0.25, -0.2) is 0 Å². The van der Waals surface area contributed by atoms with Crippen LogP contribution in [0.5, 0.6) is 0 Å². The van der Waals surface area contributed by atoms with Crippen molar-refractivity contribution >= 4 is 23.2 Å². The van der Waals surface area contributed by atoms with Gasteiger partial charge in [0, 0.05) is 37.1 Å². The molecule has 2 heterocycles. The minimum absolute atomic E-state index is 0.0150. The fourth-order valence-corrected chi connectivity index (χ4v) is 4.73. The molecule has 1 saturated heterocycles. The molecule has 1 aromatic rings. The van der Waals surface area contributed by atoms with Crippen molar-refractivity contribution < 1.29 is 9.59 Å². The molecule has 6 nitrogen and oxygen atoms in total. The Morgan fingerprint density at radius 3 is 2.63 bits per heavy atom. The van der Waals surface area contributed by atoms with Gasteiger partial charge in [-0.1, -0.05) is 19.3 Å². The minimum Gasteiger partial charge on any atom is -0.349 e. The van der Waals surface area contributed by atoms with Crippen LogP contribution in [0.1, 0.15) is 55.3 Å². The van der Waals surface area contributed by atoms with Gasteiger partial charge in [0.1, 0.15) is 5.54 Å². The Morgan fingerprint density at radius 1 is 1.33 bits per heavy atom. The number of carbonyl (C=O) groups is 2. The maximum absolute atomic E-state index is 12.8. The smallest absolute Gasteiger partial charge is 0.252 e. The van der Waals surface area contributed by atoms with Gasteiger partial charge in [-0.15, -0.1) is 0 Å². The van der Waals surface area contributed by atoms with Crippen molar-refractivity contribution in [2.75, 3.05) is 26.7 Å². The zero-order valence-corrected chi connectivity index (χ0v) is 16.8. The number of carbonyl (C=O) groups excluding carboxylic acids is 2. The molecule has 0 radical (unpaired) electrons. The summed E-state index contributed by atoms with van der Waals surface area (Å²) >= 11 is 1.52. The Kier molecular flexibility index (Phi) is 6.51. The molecule has 2 amide bonds. The van der Waals surface area contributed by atoms with Crippen molar-refractivity contribution in [3.05, 3.63) is 22.4 Å². The summed E-state index contributed by atoms with van der Waals surface area (Å²) in [5.41, 5.74) is 0.0934. The Bertz CT molecular complexity index is 683. The van der Waals surface area contributed by atoms with Crippen molar-refractivity contribution in [3.8, 4) is 6.07 Å². The molecule has 1 N–H and O–H groups in total. The molecule has 3 rings (SSSR count). The predicted octanol–water partition coefficient (Wildman–Crippen LogP) is 2.63. The highest BCUT2D eigenvalue weighted by molar-refractivity contribution is 7.08. The normalized spacial score (nSPS) is 20.6. The molecule has 1 aliphatic carbocycles. The van der Waals surface area contributed by atoms with Gasteiger partial charge >= 0.3 is 0 Å². The summed E-state index contributed by atoms with van der Waals surface area (Å²) in [6.07, 6.45) is 6.42. The largest absolute Gasteiger partial charge is 0.349 e. The number of piperidine rings is 1. The van der Waals surface area contributed by atoms with Crippen LogP contribution in [0, 0.1) is 11.3 Å². The van der Waals surface area contributed by atoms with Gasteiger partial charge in [-0.2, -0.15) is 16.6 Å². The minimum atomic E-state index is -0.623. The lowest BCUT2D eigenvalue weighted by atomic mass is 9.81. The summed E-state index contributed by atoms with van der Waals surface area (Å²) in [6.45, 7) is 1.92. The highest BCUT2D eigenvalue weighted by atomic mass is 32.1. The van der Waals surface area contributed by atoms with Gasteiger partial charge in [-0.3, -0.25) is 14.5 Å². The van der Waals surface area contributed by atoms with E-state index in [-0.39, 0.29) is 17.9 Å². The Hall–Kier alpha value is -1.91. The van der Waals surface area contributed by atoms with Gasteiger partial charge in [0.05, 0.1) is 12.6 Å². The SMILES string of the molecule is CN(C(=O)CN1CCC(NC(=O)c2ccsc2)CC1)C1(C#N)CCCCC1. The number of thiophene rings is 1. The van der Waals surface area contributed by atoms with E-state index < -0.39 is 5.54 Å². The van der Waals surface area contributed by atoms with E-state index in [9.17, 15) is 14.9 Å². The average Bonchev–Trinajstić information content (AvgIpc) is 3.24. The summed E-state index contributed by atoms with van der Waals surface area (Å²) in [5.74, 6) is 0.0120. The van der Waals surface area contributed by atoms with Crippen LogP contribution >= 0.6 is 11.3 Å². The van der Waals surface area contributed by atoms with Gasteiger partial charge in [0.15, 0.2) is 0 Å². The number of nitrogens with zero attached hydrogens (tertiary/aromatic N) is 3. The fraction of sp³-hybridized carbons (Fsp3) is 0.650.